The molecule has 166 valence electrons. The molecule has 32 heavy (non-hydrogen) atoms. The van der Waals surface area contributed by atoms with Gasteiger partial charge in [0.2, 0.25) is 21.5 Å². The molecule has 1 aromatic heterocycles. The molecule has 1 saturated heterocycles. The molecule has 5 rings (SSSR count). The Morgan fingerprint density at radius 1 is 0.938 bits per heavy atom. The van der Waals surface area contributed by atoms with Gasteiger partial charge in [-0.05, 0) is 60.0 Å². The Morgan fingerprint density at radius 2 is 1.69 bits per heavy atom. The van der Waals surface area contributed by atoms with Gasteiger partial charge in [0.15, 0.2) is 0 Å². The lowest BCUT2D eigenvalue weighted by Crippen LogP contribution is -2.45. The van der Waals surface area contributed by atoms with E-state index in [-0.39, 0.29) is 22.3 Å². The molecule has 0 radical (unpaired) electrons. The third kappa shape index (κ3) is 3.84. The van der Waals surface area contributed by atoms with E-state index in [0.29, 0.717) is 49.9 Å². The second kappa shape index (κ2) is 8.18. The van der Waals surface area contributed by atoms with Crippen molar-refractivity contribution in [1.29, 1.82) is 0 Å². The smallest absolute Gasteiger partial charge is 0.248 e. The summed E-state index contributed by atoms with van der Waals surface area (Å²) in [5, 5.41) is 0.668. The standard InChI is InChI=1S/C24H25N3O4S/c28-23-8-5-19-15-21(6-7-22(19)25-23)32(30,31)27-13-10-18(11-14-27)24(29)26-12-9-17-3-1-2-4-20(17)16-26/h1-8,15,18H,9-14,16H2,(H,25,28). The summed E-state index contributed by atoms with van der Waals surface area (Å²) in [5.41, 5.74) is 2.88. The number of pyridine rings is 1. The van der Waals surface area contributed by atoms with Gasteiger partial charge in [-0.25, -0.2) is 8.42 Å². The van der Waals surface area contributed by atoms with Crippen molar-refractivity contribution in [3.05, 3.63) is 76.1 Å². The number of nitrogens with one attached hydrogen (secondary N) is 1. The Hall–Kier alpha value is -2.97. The first-order valence-electron chi connectivity index (χ1n) is 10.9. The van der Waals surface area contributed by atoms with Crippen LogP contribution < -0.4 is 5.56 Å². The van der Waals surface area contributed by atoms with Crippen molar-refractivity contribution in [2.24, 2.45) is 5.92 Å². The number of amides is 1. The van der Waals surface area contributed by atoms with Gasteiger partial charge < -0.3 is 9.88 Å². The largest absolute Gasteiger partial charge is 0.338 e. The summed E-state index contributed by atoms with van der Waals surface area (Å²) in [5.74, 6) is -0.0143. The molecule has 0 spiro atoms. The van der Waals surface area contributed by atoms with Crippen LogP contribution in [0.3, 0.4) is 0 Å². The molecule has 3 heterocycles. The van der Waals surface area contributed by atoms with E-state index in [2.05, 4.69) is 17.1 Å². The van der Waals surface area contributed by atoms with E-state index in [1.807, 2.05) is 17.0 Å². The highest BCUT2D eigenvalue weighted by Gasteiger charge is 2.34. The first-order chi connectivity index (χ1) is 15.4. The topological polar surface area (TPSA) is 90.5 Å². The van der Waals surface area contributed by atoms with Gasteiger partial charge in [0, 0.05) is 43.7 Å². The molecule has 8 heteroatoms. The van der Waals surface area contributed by atoms with Crippen LogP contribution in [-0.4, -0.2) is 48.1 Å². The monoisotopic (exact) mass is 451 g/mol. The van der Waals surface area contributed by atoms with Crippen LogP contribution in [0.5, 0.6) is 0 Å². The molecule has 0 unspecified atom stereocenters. The van der Waals surface area contributed by atoms with Crippen LogP contribution in [0.2, 0.25) is 0 Å². The second-order valence-electron chi connectivity index (χ2n) is 8.53. The third-order valence-corrected chi connectivity index (χ3v) is 8.47. The number of H-pyrrole nitrogens is 1. The molecule has 2 aliphatic rings. The Balaban J connectivity index is 1.26. The summed E-state index contributed by atoms with van der Waals surface area (Å²) in [7, 11) is -3.66. The van der Waals surface area contributed by atoms with Crippen LogP contribution in [0.25, 0.3) is 10.9 Å². The second-order valence-corrected chi connectivity index (χ2v) is 10.5. The maximum atomic E-state index is 13.2. The number of hydrogen-bond acceptors (Lipinski definition) is 4. The Bertz CT molecular complexity index is 1340. The quantitative estimate of drug-likeness (QED) is 0.663. The van der Waals surface area contributed by atoms with Gasteiger partial charge in [-0.2, -0.15) is 4.31 Å². The maximum absolute atomic E-state index is 13.2. The lowest BCUT2D eigenvalue weighted by Gasteiger charge is -2.35. The minimum absolute atomic E-state index is 0.131. The van der Waals surface area contributed by atoms with Gasteiger partial charge in [0.25, 0.3) is 0 Å². The van der Waals surface area contributed by atoms with Crippen LogP contribution in [0.15, 0.2) is 64.3 Å². The average molecular weight is 452 g/mol. The number of aromatic amines is 1. The predicted molar refractivity (Wildman–Crippen MR) is 122 cm³/mol. The highest BCUT2D eigenvalue weighted by molar-refractivity contribution is 7.89. The van der Waals surface area contributed by atoms with Crippen molar-refractivity contribution in [3.63, 3.8) is 0 Å². The molecule has 2 aromatic carbocycles. The van der Waals surface area contributed by atoms with Gasteiger partial charge in [-0.3, -0.25) is 9.59 Å². The van der Waals surface area contributed by atoms with E-state index in [4.69, 9.17) is 0 Å². The lowest BCUT2D eigenvalue weighted by molar-refractivity contribution is -0.137. The zero-order valence-electron chi connectivity index (χ0n) is 17.7. The Morgan fingerprint density at radius 3 is 2.47 bits per heavy atom. The fourth-order valence-electron chi connectivity index (χ4n) is 4.73. The lowest BCUT2D eigenvalue weighted by atomic mass is 9.94. The molecular formula is C24H25N3O4S. The summed E-state index contributed by atoms with van der Waals surface area (Å²) in [6.45, 7) is 2.00. The summed E-state index contributed by atoms with van der Waals surface area (Å²) < 4.78 is 27.8. The van der Waals surface area contributed by atoms with E-state index in [9.17, 15) is 18.0 Å². The highest BCUT2D eigenvalue weighted by atomic mass is 32.2. The van der Waals surface area contributed by atoms with Gasteiger partial charge in [0.1, 0.15) is 0 Å². The van der Waals surface area contributed by atoms with Crippen molar-refractivity contribution >= 4 is 26.8 Å². The maximum Gasteiger partial charge on any atom is 0.248 e. The molecule has 3 aromatic rings. The number of carbonyl (C=O) groups is 1. The third-order valence-electron chi connectivity index (χ3n) is 6.58. The molecule has 0 saturated carbocycles. The fraction of sp³-hybridized carbons (Fsp3) is 0.333. The first kappa shape index (κ1) is 20.9. The molecule has 0 atom stereocenters. The number of aromatic nitrogens is 1. The minimum atomic E-state index is -3.66. The summed E-state index contributed by atoms with van der Waals surface area (Å²) in [6.07, 6.45) is 1.91. The average Bonchev–Trinajstić information content (AvgIpc) is 2.83. The van der Waals surface area contributed by atoms with Crippen LogP contribution in [0.1, 0.15) is 24.0 Å². The van der Waals surface area contributed by atoms with E-state index in [0.717, 1.165) is 6.42 Å². The SMILES string of the molecule is O=C(C1CCN(S(=O)(=O)c2ccc3[nH]c(=O)ccc3c2)CC1)N1CCc2ccccc2C1. The van der Waals surface area contributed by atoms with Crippen LogP contribution >= 0.6 is 0 Å². The summed E-state index contributed by atoms with van der Waals surface area (Å²) in [4.78, 5) is 29.4. The number of fused-ring (bicyclic) bond motifs is 2. The van der Waals surface area contributed by atoms with Crippen molar-refractivity contribution in [1.82, 2.24) is 14.2 Å². The normalized spacial score (nSPS) is 17.9. The van der Waals surface area contributed by atoms with Crippen LogP contribution in [-0.2, 0) is 27.8 Å². The van der Waals surface area contributed by atoms with Crippen molar-refractivity contribution in [2.75, 3.05) is 19.6 Å². The zero-order chi connectivity index (χ0) is 22.3. The fourth-order valence-corrected chi connectivity index (χ4v) is 6.23. The zero-order valence-corrected chi connectivity index (χ0v) is 18.5. The number of rotatable bonds is 3. The summed E-state index contributed by atoms with van der Waals surface area (Å²) >= 11 is 0. The van der Waals surface area contributed by atoms with Gasteiger partial charge in [-0.1, -0.05) is 24.3 Å². The Labute approximate surface area is 186 Å². The first-order valence-corrected chi connectivity index (χ1v) is 12.3. The highest BCUT2D eigenvalue weighted by Crippen LogP contribution is 2.28. The van der Waals surface area contributed by atoms with Gasteiger partial charge in [-0.15, -0.1) is 0 Å². The molecule has 7 nitrogen and oxygen atoms in total. The minimum Gasteiger partial charge on any atom is -0.338 e. The van der Waals surface area contributed by atoms with Crippen LogP contribution in [0.4, 0.5) is 0 Å². The van der Waals surface area contributed by atoms with Crippen molar-refractivity contribution < 1.29 is 13.2 Å². The molecule has 1 N–H and O–H groups in total. The molecule has 1 amide bonds. The Kier molecular flexibility index (Phi) is 5.35. The van der Waals surface area contributed by atoms with Gasteiger partial charge >= 0.3 is 0 Å². The van der Waals surface area contributed by atoms with E-state index in [1.54, 1.807) is 18.2 Å². The van der Waals surface area contributed by atoms with Crippen LogP contribution in [0, 0.1) is 5.92 Å². The van der Waals surface area contributed by atoms with E-state index >= 15 is 0 Å². The molecular weight excluding hydrogens is 426 g/mol. The number of benzene rings is 2. The number of sulfonamides is 1. The van der Waals surface area contributed by atoms with Crippen molar-refractivity contribution in [3.8, 4) is 0 Å². The van der Waals surface area contributed by atoms with E-state index in [1.165, 1.54) is 27.6 Å². The predicted octanol–water partition coefficient (Wildman–Crippen LogP) is 2.51. The molecule has 0 bridgehead atoms. The number of carbonyl (C=O) groups excluding carboxylic acids is 1. The molecule has 1 fully saturated rings. The number of piperidine rings is 1. The van der Waals surface area contributed by atoms with E-state index < -0.39 is 10.0 Å². The van der Waals surface area contributed by atoms with Crippen molar-refractivity contribution in [2.45, 2.75) is 30.7 Å². The number of nitrogens with zero attached hydrogens (tertiary/aromatic N) is 2. The number of hydrogen-bond donors (Lipinski definition) is 1. The molecule has 2 aliphatic heterocycles. The molecule has 0 aliphatic carbocycles. The van der Waals surface area contributed by atoms with Gasteiger partial charge in [0.05, 0.1) is 4.90 Å². The summed E-state index contributed by atoms with van der Waals surface area (Å²) in [6, 6.07) is 16.0.